The molecule has 0 saturated heterocycles. The molecular formula is C16H20. The van der Waals surface area contributed by atoms with Gasteiger partial charge in [0.1, 0.15) is 0 Å². The summed E-state index contributed by atoms with van der Waals surface area (Å²) in [6.45, 7) is 13.3. The molecule has 0 saturated carbocycles. The van der Waals surface area contributed by atoms with E-state index in [0.717, 1.165) is 0 Å². The van der Waals surface area contributed by atoms with Crippen molar-refractivity contribution in [3.63, 3.8) is 0 Å². The fraction of sp³-hybridized carbons (Fsp3) is 0.375. The minimum atomic E-state index is 1.36. The zero-order valence-corrected chi connectivity index (χ0v) is 11.2. The van der Waals surface area contributed by atoms with E-state index in [-0.39, 0.29) is 0 Å². The molecule has 0 nitrogen and oxygen atoms in total. The fourth-order valence-electron chi connectivity index (χ4n) is 2.71. The van der Waals surface area contributed by atoms with Crippen molar-refractivity contribution in [1.82, 2.24) is 0 Å². The first-order chi connectivity index (χ1) is 7.43. The molecule has 84 valence electrons. The average molecular weight is 212 g/mol. The van der Waals surface area contributed by atoms with Gasteiger partial charge in [0.25, 0.3) is 0 Å². The third-order valence-electron chi connectivity index (χ3n) is 3.95. The molecule has 0 unspecified atom stereocenters. The van der Waals surface area contributed by atoms with Gasteiger partial charge in [-0.25, -0.2) is 0 Å². The maximum atomic E-state index is 2.32. The quantitative estimate of drug-likeness (QED) is 0.594. The van der Waals surface area contributed by atoms with Gasteiger partial charge >= 0.3 is 0 Å². The van der Waals surface area contributed by atoms with Crippen LogP contribution in [0.1, 0.15) is 33.4 Å². The summed E-state index contributed by atoms with van der Waals surface area (Å²) < 4.78 is 0. The largest absolute Gasteiger partial charge is 0.0557 e. The summed E-state index contributed by atoms with van der Waals surface area (Å²) in [5.41, 5.74) is 8.52. The van der Waals surface area contributed by atoms with Gasteiger partial charge < -0.3 is 0 Å². The molecule has 0 spiro atoms. The van der Waals surface area contributed by atoms with Crippen molar-refractivity contribution < 1.29 is 0 Å². The number of benzene rings is 2. The highest BCUT2D eigenvalue weighted by molar-refractivity contribution is 5.93. The molecule has 0 fully saturated rings. The molecule has 0 aromatic heterocycles. The van der Waals surface area contributed by atoms with Gasteiger partial charge in [0.05, 0.1) is 0 Å². The summed E-state index contributed by atoms with van der Waals surface area (Å²) in [6, 6.07) is 4.60. The fourth-order valence-corrected chi connectivity index (χ4v) is 2.71. The van der Waals surface area contributed by atoms with E-state index in [1.807, 2.05) is 0 Å². The second kappa shape index (κ2) is 3.62. The zero-order chi connectivity index (χ0) is 12.0. The average Bonchev–Trinajstić information content (AvgIpc) is 2.22. The van der Waals surface area contributed by atoms with Gasteiger partial charge in [0.15, 0.2) is 0 Å². The molecule has 2 aromatic carbocycles. The molecule has 0 radical (unpaired) electrons. The Hall–Kier alpha value is -1.30. The summed E-state index contributed by atoms with van der Waals surface area (Å²) in [7, 11) is 0. The molecule has 16 heavy (non-hydrogen) atoms. The van der Waals surface area contributed by atoms with Crippen LogP contribution in [0.2, 0.25) is 0 Å². The molecule has 0 heterocycles. The summed E-state index contributed by atoms with van der Waals surface area (Å²) in [4.78, 5) is 0. The van der Waals surface area contributed by atoms with E-state index in [2.05, 4.69) is 53.7 Å². The van der Waals surface area contributed by atoms with E-state index in [1.165, 1.54) is 44.2 Å². The summed E-state index contributed by atoms with van der Waals surface area (Å²) in [5.74, 6) is 0. The molecule has 2 aromatic rings. The Labute approximate surface area is 98.3 Å². The minimum absolute atomic E-state index is 1.36. The second-order valence-electron chi connectivity index (χ2n) is 5.00. The molecular weight excluding hydrogens is 192 g/mol. The van der Waals surface area contributed by atoms with Gasteiger partial charge in [-0.3, -0.25) is 0 Å². The van der Waals surface area contributed by atoms with E-state index in [1.54, 1.807) is 0 Å². The second-order valence-corrected chi connectivity index (χ2v) is 5.00. The van der Waals surface area contributed by atoms with Gasteiger partial charge in [-0.15, -0.1) is 0 Å². The van der Waals surface area contributed by atoms with Crippen LogP contribution in [-0.4, -0.2) is 0 Å². The van der Waals surface area contributed by atoms with Crippen molar-refractivity contribution in [2.45, 2.75) is 41.5 Å². The first-order valence-electron chi connectivity index (χ1n) is 5.90. The van der Waals surface area contributed by atoms with Gasteiger partial charge in [-0.05, 0) is 80.1 Å². The van der Waals surface area contributed by atoms with Crippen molar-refractivity contribution in [3.05, 3.63) is 45.5 Å². The SMILES string of the molecule is Cc1cc(C)c2c(C)c(C)c(C)c(C)c2c1. The smallest absolute Gasteiger partial charge is 0.0120 e. The molecule has 0 aliphatic rings. The van der Waals surface area contributed by atoms with Crippen LogP contribution in [0, 0.1) is 41.5 Å². The highest BCUT2D eigenvalue weighted by Gasteiger charge is 2.10. The summed E-state index contributed by atoms with van der Waals surface area (Å²) >= 11 is 0. The monoisotopic (exact) mass is 212 g/mol. The van der Waals surface area contributed by atoms with Gasteiger partial charge in [-0.2, -0.15) is 0 Å². The van der Waals surface area contributed by atoms with Crippen LogP contribution in [-0.2, 0) is 0 Å². The van der Waals surface area contributed by atoms with Gasteiger partial charge in [0, 0.05) is 0 Å². The lowest BCUT2D eigenvalue weighted by molar-refractivity contribution is 1.24. The number of aryl methyl sites for hydroxylation is 4. The van der Waals surface area contributed by atoms with Crippen molar-refractivity contribution in [1.29, 1.82) is 0 Å². The molecule has 0 aliphatic heterocycles. The highest BCUT2D eigenvalue weighted by Crippen LogP contribution is 2.31. The van der Waals surface area contributed by atoms with Crippen molar-refractivity contribution in [3.8, 4) is 0 Å². The normalized spacial score (nSPS) is 11.1. The topological polar surface area (TPSA) is 0 Å². The third kappa shape index (κ3) is 1.44. The van der Waals surface area contributed by atoms with Crippen molar-refractivity contribution in [2.24, 2.45) is 0 Å². The zero-order valence-electron chi connectivity index (χ0n) is 11.2. The van der Waals surface area contributed by atoms with Crippen molar-refractivity contribution >= 4 is 10.8 Å². The van der Waals surface area contributed by atoms with Gasteiger partial charge in [-0.1, -0.05) is 17.7 Å². The Morgan fingerprint density at radius 1 is 0.625 bits per heavy atom. The molecule has 2 rings (SSSR count). The van der Waals surface area contributed by atoms with E-state index >= 15 is 0 Å². The third-order valence-corrected chi connectivity index (χ3v) is 3.95. The molecule has 0 aliphatic carbocycles. The lowest BCUT2D eigenvalue weighted by atomic mass is 9.89. The van der Waals surface area contributed by atoms with Gasteiger partial charge in [0.2, 0.25) is 0 Å². The number of fused-ring (bicyclic) bond motifs is 1. The predicted octanol–water partition coefficient (Wildman–Crippen LogP) is 4.69. The van der Waals surface area contributed by atoms with Crippen LogP contribution >= 0.6 is 0 Å². The molecule has 0 heteroatoms. The van der Waals surface area contributed by atoms with E-state index in [0.29, 0.717) is 0 Å². The van der Waals surface area contributed by atoms with Crippen LogP contribution < -0.4 is 0 Å². The lowest BCUT2D eigenvalue weighted by Gasteiger charge is -2.16. The van der Waals surface area contributed by atoms with Crippen LogP contribution in [0.25, 0.3) is 10.8 Å². The molecule has 0 N–H and O–H groups in total. The molecule has 0 amide bonds. The first kappa shape index (κ1) is 11.2. The number of rotatable bonds is 0. The maximum Gasteiger partial charge on any atom is -0.0120 e. The van der Waals surface area contributed by atoms with Crippen LogP contribution in [0.15, 0.2) is 12.1 Å². The Bertz CT molecular complexity index is 575. The molecule has 0 bridgehead atoms. The number of hydrogen-bond acceptors (Lipinski definition) is 0. The lowest BCUT2D eigenvalue weighted by Crippen LogP contribution is -1.96. The Morgan fingerprint density at radius 3 is 1.81 bits per heavy atom. The first-order valence-corrected chi connectivity index (χ1v) is 5.90. The van der Waals surface area contributed by atoms with Crippen LogP contribution in [0.5, 0.6) is 0 Å². The standard InChI is InChI=1S/C16H20/c1-9-7-10(2)16-14(6)12(4)11(3)13(5)15(16)8-9/h7-8H,1-6H3. The number of hydrogen-bond donors (Lipinski definition) is 0. The Balaban J connectivity index is 3.08. The minimum Gasteiger partial charge on any atom is -0.0557 e. The van der Waals surface area contributed by atoms with Crippen molar-refractivity contribution in [2.75, 3.05) is 0 Å². The van der Waals surface area contributed by atoms with E-state index in [9.17, 15) is 0 Å². The predicted molar refractivity (Wildman–Crippen MR) is 72.4 cm³/mol. The van der Waals surface area contributed by atoms with E-state index < -0.39 is 0 Å². The maximum absolute atomic E-state index is 2.32. The Kier molecular flexibility index (Phi) is 2.53. The Morgan fingerprint density at radius 2 is 1.19 bits per heavy atom. The van der Waals surface area contributed by atoms with E-state index in [4.69, 9.17) is 0 Å². The molecule has 0 atom stereocenters. The van der Waals surface area contributed by atoms with Crippen LogP contribution in [0.4, 0.5) is 0 Å². The van der Waals surface area contributed by atoms with Crippen LogP contribution in [0.3, 0.4) is 0 Å². The summed E-state index contributed by atoms with van der Waals surface area (Å²) in [5, 5.41) is 2.88. The summed E-state index contributed by atoms with van der Waals surface area (Å²) in [6.07, 6.45) is 0. The highest BCUT2D eigenvalue weighted by atomic mass is 14.1.